The SMILES string of the molecule is COCC(=O)N1CCN2C(CNCC2C(c2ccccc2)c2ccccc2)C1. The molecule has 5 nitrogen and oxygen atoms in total. The highest BCUT2D eigenvalue weighted by Crippen LogP contribution is 2.33. The van der Waals surface area contributed by atoms with Crippen LogP contribution in [0.4, 0.5) is 0 Å². The van der Waals surface area contributed by atoms with E-state index >= 15 is 0 Å². The second-order valence-corrected chi connectivity index (χ2v) is 7.69. The van der Waals surface area contributed by atoms with Gasteiger partial charge in [0.25, 0.3) is 0 Å². The van der Waals surface area contributed by atoms with Gasteiger partial charge in [-0.05, 0) is 11.1 Å². The molecule has 148 valence electrons. The van der Waals surface area contributed by atoms with Crippen LogP contribution in [0.15, 0.2) is 60.7 Å². The molecule has 0 aliphatic carbocycles. The maximum absolute atomic E-state index is 12.3. The number of carbonyl (C=O) groups is 1. The van der Waals surface area contributed by atoms with Gasteiger partial charge in [0.1, 0.15) is 6.61 Å². The van der Waals surface area contributed by atoms with Crippen LogP contribution in [-0.2, 0) is 9.53 Å². The predicted octanol–water partition coefficient (Wildman–Crippen LogP) is 1.95. The molecule has 2 aliphatic rings. The molecule has 0 saturated carbocycles. The maximum atomic E-state index is 12.3. The number of nitrogens with zero attached hydrogens (tertiary/aromatic N) is 2. The van der Waals surface area contributed by atoms with E-state index in [4.69, 9.17) is 4.74 Å². The van der Waals surface area contributed by atoms with Crippen molar-refractivity contribution in [3.05, 3.63) is 71.8 Å². The van der Waals surface area contributed by atoms with Gasteiger partial charge in [-0.15, -0.1) is 0 Å². The lowest BCUT2D eigenvalue weighted by Gasteiger charge is -2.50. The van der Waals surface area contributed by atoms with Crippen LogP contribution in [0.5, 0.6) is 0 Å². The van der Waals surface area contributed by atoms with E-state index in [1.165, 1.54) is 11.1 Å². The smallest absolute Gasteiger partial charge is 0.248 e. The summed E-state index contributed by atoms with van der Waals surface area (Å²) in [5, 5.41) is 3.63. The van der Waals surface area contributed by atoms with E-state index in [9.17, 15) is 4.79 Å². The molecule has 2 aliphatic heterocycles. The van der Waals surface area contributed by atoms with Gasteiger partial charge >= 0.3 is 0 Å². The van der Waals surface area contributed by atoms with Gasteiger partial charge in [0.2, 0.25) is 5.91 Å². The Hall–Kier alpha value is -2.21. The third-order valence-electron chi connectivity index (χ3n) is 6.01. The number of benzene rings is 2. The standard InChI is InChI=1S/C23H29N3O2/c1-28-17-22(27)25-12-13-26-20(16-25)14-24-15-21(26)23(18-8-4-2-5-9-18)19-10-6-3-7-11-19/h2-11,20-21,23-24H,12-17H2,1H3. The minimum atomic E-state index is 0.0898. The number of ether oxygens (including phenoxy) is 1. The fraction of sp³-hybridized carbons (Fsp3) is 0.435. The zero-order valence-electron chi connectivity index (χ0n) is 16.5. The van der Waals surface area contributed by atoms with Gasteiger partial charge in [-0.3, -0.25) is 9.69 Å². The maximum Gasteiger partial charge on any atom is 0.248 e. The first-order chi connectivity index (χ1) is 13.8. The van der Waals surface area contributed by atoms with Crippen molar-refractivity contribution in [1.29, 1.82) is 0 Å². The highest BCUT2D eigenvalue weighted by Gasteiger charge is 2.40. The molecule has 0 aromatic heterocycles. The van der Waals surface area contributed by atoms with Crippen LogP contribution in [-0.4, -0.2) is 74.2 Å². The van der Waals surface area contributed by atoms with E-state index in [0.717, 1.165) is 32.7 Å². The monoisotopic (exact) mass is 379 g/mol. The van der Waals surface area contributed by atoms with Gasteiger partial charge in [0, 0.05) is 57.8 Å². The summed E-state index contributed by atoms with van der Waals surface area (Å²) in [6.07, 6.45) is 0. The fourth-order valence-electron chi connectivity index (χ4n) is 4.71. The molecule has 2 unspecified atom stereocenters. The molecule has 2 saturated heterocycles. The van der Waals surface area contributed by atoms with Gasteiger partial charge in [0.05, 0.1) is 0 Å². The molecule has 1 amide bonds. The van der Waals surface area contributed by atoms with Crippen LogP contribution in [0.3, 0.4) is 0 Å². The third-order valence-corrected chi connectivity index (χ3v) is 6.01. The Kier molecular flexibility index (Phi) is 6.05. The molecule has 2 aromatic rings. The topological polar surface area (TPSA) is 44.8 Å². The molecule has 2 atom stereocenters. The number of hydrogen-bond donors (Lipinski definition) is 1. The number of nitrogens with one attached hydrogen (secondary N) is 1. The molecule has 2 fully saturated rings. The van der Waals surface area contributed by atoms with E-state index in [2.05, 4.69) is 70.9 Å². The Balaban J connectivity index is 1.60. The van der Waals surface area contributed by atoms with E-state index < -0.39 is 0 Å². The van der Waals surface area contributed by atoms with Crippen molar-refractivity contribution in [3.8, 4) is 0 Å². The number of rotatable bonds is 5. The third kappa shape index (κ3) is 3.97. The van der Waals surface area contributed by atoms with Crippen LogP contribution in [0.25, 0.3) is 0 Å². The predicted molar refractivity (Wildman–Crippen MR) is 110 cm³/mol. The molecule has 28 heavy (non-hydrogen) atoms. The zero-order chi connectivity index (χ0) is 19.3. The molecular weight excluding hydrogens is 350 g/mol. The molecule has 2 heterocycles. The number of hydrogen-bond acceptors (Lipinski definition) is 4. The minimum absolute atomic E-state index is 0.0898. The van der Waals surface area contributed by atoms with Crippen LogP contribution in [0, 0.1) is 0 Å². The molecular formula is C23H29N3O2. The van der Waals surface area contributed by atoms with Crippen molar-refractivity contribution in [3.63, 3.8) is 0 Å². The normalized spacial score (nSPS) is 22.9. The molecule has 1 N–H and O–H groups in total. The minimum Gasteiger partial charge on any atom is -0.375 e. The van der Waals surface area contributed by atoms with E-state index in [1.54, 1.807) is 7.11 Å². The van der Waals surface area contributed by atoms with Gasteiger partial charge in [-0.1, -0.05) is 60.7 Å². The first-order valence-corrected chi connectivity index (χ1v) is 10.1. The van der Waals surface area contributed by atoms with Crippen LogP contribution in [0.2, 0.25) is 0 Å². The lowest BCUT2D eigenvalue weighted by atomic mass is 9.82. The van der Waals surface area contributed by atoms with Crippen molar-refractivity contribution >= 4 is 5.91 Å². The van der Waals surface area contributed by atoms with Gasteiger partial charge in [-0.2, -0.15) is 0 Å². The highest BCUT2D eigenvalue weighted by atomic mass is 16.5. The highest BCUT2D eigenvalue weighted by molar-refractivity contribution is 5.77. The summed E-state index contributed by atoms with van der Waals surface area (Å²) in [7, 11) is 1.58. The summed E-state index contributed by atoms with van der Waals surface area (Å²) >= 11 is 0. The van der Waals surface area contributed by atoms with Crippen LogP contribution in [0.1, 0.15) is 17.0 Å². The number of piperazine rings is 2. The summed E-state index contributed by atoms with van der Waals surface area (Å²) < 4.78 is 5.05. The van der Waals surface area contributed by atoms with Gasteiger partial charge in [-0.25, -0.2) is 0 Å². The molecule has 0 radical (unpaired) electrons. The van der Waals surface area contributed by atoms with Crippen molar-refractivity contribution in [2.45, 2.75) is 18.0 Å². The molecule has 2 aromatic carbocycles. The summed E-state index contributed by atoms with van der Waals surface area (Å²) in [4.78, 5) is 16.9. The Labute approximate surface area is 167 Å². The van der Waals surface area contributed by atoms with E-state index in [0.29, 0.717) is 18.0 Å². The second-order valence-electron chi connectivity index (χ2n) is 7.69. The van der Waals surface area contributed by atoms with Gasteiger partial charge < -0.3 is 15.0 Å². The Bertz CT molecular complexity index is 728. The first kappa shape index (κ1) is 19.1. The largest absolute Gasteiger partial charge is 0.375 e. The first-order valence-electron chi connectivity index (χ1n) is 10.1. The van der Waals surface area contributed by atoms with Crippen molar-refractivity contribution in [2.24, 2.45) is 0 Å². The van der Waals surface area contributed by atoms with Crippen LogP contribution >= 0.6 is 0 Å². The summed E-state index contributed by atoms with van der Waals surface area (Å²) in [5.41, 5.74) is 2.69. The summed E-state index contributed by atoms with van der Waals surface area (Å²) in [6, 6.07) is 22.3. The molecule has 0 bridgehead atoms. The fourth-order valence-corrected chi connectivity index (χ4v) is 4.71. The average Bonchev–Trinajstić information content (AvgIpc) is 2.75. The Morgan fingerprint density at radius 2 is 1.68 bits per heavy atom. The lowest BCUT2D eigenvalue weighted by Crippen LogP contribution is -2.67. The van der Waals surface area contributed by atoms with Crippen molar-refractivity contribution in [1.82, 2.24) is 15.1 Å². The molecule has 0 spiro atoms. The second kappa shape index (κ2) is 8.86. The zero-order valence-corrected chi connectivity index (χ0v) is 16.5. The number of amides is 1. The van der Waals surface area contributed by atoms with Crippen molar-refractivity contribution < 1.29 is 9.53 Å². The Morgan fingerprint density at radius 1 is 1.04 bits per heavy atom. The van der Waals surface area contributed by atoms with Gasteiger partial charge in [0.15, 0.2) is 0 Å². The quantitative estimate of drug-likeness (QED) is 0.863. The Morgan fingerprint density at radius 3 is 2.29 bits per heavy atom. The number of fused-ring (bicyclic) bond motifs is 1. The molecule has 4 rings (SSSR count). The summed E-state index contributed by atoms with van der Waals surface area (Å²) in [5.74, 6) is 0.394. The van der Waals surface area contributed by atoms with E-state index in [-0.39, 0.29) is 12.5 Å². The number of carbonyl (C=O) groups excluding carboxylic acids is 1. The van der Waals surface area contributed by atoms with Crippen LogP contribution < -0.4 is 5.32 Å². The lowest BCUT2D eigenvalue weighted by molar-refractivity contribution is -0.139. The van der Waals surface area contributed by atoms with Crippen molar-refractivity contribution in [2.75, 3.05) is 46.4 Å². The molecule has 5 heteroatoms. The van der Waals surface area contributed by atoms with E-state index in [1.807, 2.05) is 4.90 Å². The average molecular weight is 380 g/mol. The number of methoxy groups -OCH3 is 1. The summed E-state index contributed by atoms with van der Waals surface area (Å²) in [6.45, 7) is 4.48.